The number of carbonyl (C=O) groups is 2. The minimum atomic E-state index is -0.140. The van der Waals surface area contributed by atoms with Crippen LogP contribution in [0, 0.1) is 6.92 Å². The molecule has 27 heavy (non-hydrogen) atoms. The Hall–Kier alpha value is -2.07. The first kappa shape index (κ1) is 19.7. The molecule has 3 rings (SSSR count). The molecule has 0 aliphatic heterocycles. The summed E-state index contributed by atoms with van der Waals surface area (Å²) in [5, 5.41) is 2.34. The van der Waals surface area contributed by atoms with E-state index >= 15 is 0 Å². The van der Waals surface area contributed by atoms with Crippen molar-refractivity contribution >= 4 is 48.0 Å². The van der Waals surface area contributed by atoms with Crippen LogP contribution in [0.1, 0.15) is 28.5 Å². The van der Waals surface area contributed by atoms with Crippen molar-refractivity contribution in [1.82, 2.24) is 4.57 Å². The third-order valence-corrected chi connectivity index (χ3v) is 6.30. The zero-order valence-corrected chi connectivity index (χ0v) is 17.9. The molecule has 6 heteroatoms. The number of hydrogen-bond acceptors (Lipinski definition) is 3. The Kier molecular flexibility index (Phi) is 6.05. The molecule has 140 valence electrons. The maximum absolute atomic E-state index is 13.2. The van der Waals surface area contributed by atoms with E-state index in [1.807, 2.05) is 32.0 Å². The second kappa shape index (κ2) is 8.30. The first-order chi connectivity index (χ1) is 13.0. The summed E-state index contributed by atoms with van der Waals surface area (Å²) >= 11 is 5.90. The van der Waals surface area contributed by atoms with Crippen LogP contribution in [0.3, 0.4) is 0 Å². The molecule has 0 amide bonds. The molecule has 4 nitrogen and oxygen atoms in total. The second-order valence-electron chi connectivity index (χ2n) is 6.08. The molecule has 0 radical (unpaired) electrons. The predicted octanol–water partition coefficient (Wildman–Crippen LogP) is 4.51. The quantitative estimate of drug-likeness (QED) is 0.521. The van der Waals surface area contributed by atoms with E-state index in [1.54, 1.807) is 35.9 Å². The van der Waals surface area contributed by atoms with E-state index in [2.05, 4.69) is 0 Å². The Morgan fingerprint density at radius 1 is 1.15 bits per heavy atom. The fraction of sp³-hybridized carbons (Fsp3) is 0.238. The van der Waals surface area contributed by atoms with Gasteiger partial charge in [0.15, 0.2) is 0 Å². The van der Waals surface area contributed by atoms with Gasteiger partial charge >= 0.3 is 170 Å². The second-order valence-corrected chi connectivity index (χ2v) is 9.29. The molecule has 1 heterocycles. The topological polar surface area (TPSA) is 48.3 Å². The van der Waals surface area contributed by atoms with Crippen LogP contribution in [0.2, 0.25) is 10.3 Å². The van der Waals surface area contributed by atoms with Crippen LogP contribution in [-0.4, -0.2) is 37.2 Å². The van der Waals surface area contributed by atoms with Crippen molar-refractivity contribution in [1.29, 1.82) is 0 Å². The van der Waals surface area contributed by atoms with E-state index in [1.165, 1.54) is 0 Å². The minimum absolute atomic E-state index is 0.0417. The molecule has 0 aliphatic carbocycles. The van der Waals surface area contributed by atoms with Crippen molar-refractivity contribution in [3.8, 4) is 5.75 Å². The molecule has 0 bridgehead atoms. The summed E-state index contributed by atoms with van der Waals surface area (Å²) in [5.74, 6) is 0.562. The van der Waals surface area contributed by atoms with Crippen LogP contribution < -0.4 is 4.74 Å². The Balaban J connectivity index is 2.17. The van der Waals surface area contributed by atoms with Crippen LogP contribution in [0.15, 0.2) is 42.5 Å². The van der Waals surface area contributed by atoms with E-state index in [4.69, 9.17) is 16.3 Å². The molecule has 1 aromatic heterocycles. The van der Waals surface area contributed by atoms with Crippen LogP contribution in [0.4, 0.5) is 0 Å². The van der Waals surface area contributed by atoms with Gasteiger partial charge in [-0.05, 0) is 0 Å². The number of rotatable bonds is 6. The molecule has 0 atom stereocenters. The van der Waals surface area contributed by atoms with Crippen LogP contribution in [0.5, 0.6) is 5.75 Å². The van der Waals surface area contributed by atoms with Gasteiger partial charge in [-0.1, -0.05) is 0 Å². The van der Waals surface area contributed by atoms with Gasteiger partial charge in [-0.15, -0.1) is 0 Å². The standard InChI is InChI=1S/C21H20ClNO3Se/c1-4-27-20(24)12-17-13(2)23(19-10-9-16(26-3)11-18(17)19)21(25)14-5-7-15(22)8-6-14/h5-11H,4,12H2,1-3H3. The fourth-order valence-corrected chi connectivity index (χ4v) is 4.47. The number of carbonyl (C=O) groups excluding carboxylic acids is 2. The molecule has 0 fully saturated rings. The van der Waals surface area contributed by atoms with E-state index in [9.17, 15) is 9.59 Å². The number of ether oxygens (including phenoxy) is 1. The summed E-state index contributed by atoms with van der Waals surface area (Å²) in [7, 11) is 1.61. The molecule has 0 spiro atoms. The molecule has 0 saturated heterocycles. The monoisotopic (exact) mass is 449 g/mol. The van der Waals surface area contributed by atoms with Gasteiger partial charge in [-0.3, -0.25) is 0 Å². The maximum atomic E-state index is 13.2. The van der Waals surface area contributed by atoms with Crippen molar-refractivity contribution in [2.45, 2.75) is 25.6 Å². The Morgan fingerprint density at radius 3 is 2.48 bits per heavy atom. The predicted molar refractivity (Wildman–Crippen MR) is 109 cm³/mol. The molecular weight excluding hydrogens is 429 g/mol. The average molecular weight is 449 g/mol. The number of methoxy groups -OCH3 is 1. The Labute approximate surface area is 169 Å². The first-order valence-corrected chi connectivity index (χ1v) is 11.0. The fourth-order valence-electron chi connectivity index (χ4n) is 3.15. The average Bonchev–Trinajstić information content (AvgIpc) is 2.93. The molecular formula is C21H20ClNO3Se. The zero-order valence-electron chi connectivity index (χ0n) is 15.4. The normalized spacial score (nSPS) is 11.0. The summed E-state index contributed by atoms with van der Waals surface area (Å²) in [6.45, 7) is 3.91. The first-order valence-electron chi connectivity index (χ1n) is 8.60. The van der Waals surface area contributed by atoms with Gasteiger partial charge < -0.3 is 0 Å². The zero-order chi connectivity index (χ0) is 19.6. The van der Waals surface area contributed by atoms with Crippen LogP contribution in [-0.2, 0) is 11.2 Å². The number of fused-ring (bicyclic) bond motifs is 1. The molecule has 0 unspecified atom stereocenters. The van der Waals surface area contributed by atoms with Crippen molar-refractivity contribution in [2.75, 3.05) is 7.11 Å². The van der Waals surface area contributed by atoms with Gasteiger partial charge in [0.05, 0.1) is 0 Å². The Morgan fingerprint density at radius 2 is 1.85 bits per heavy atom. The summed E-state index contributed by atoms with van der Waals surface area (Å²) in [5.41, 5.74) is 3.01. The summed E-state index contributed by atoms with van der Waals surface area (Å²) in [4.78, 5) is 25.5. The van der Waals surface area contributed by atoms with Gasteiger partial charge in [-0.25, -0.2) is 0 Å². The van der Waals surface area contributed by atoms with Crippen LogP contribution >= 0.6 is 11.6 Å². The van der Waals surface area contributed by atoms with Gasteiger partial charge in [0.1, 0.15) is 0 Å². The molecule has 0 N–H and O–H groups in total. The summed E-state index contributed by atoms with van der Waals surface area (Å²) < 4.78 is 7.26. The number of halogens is 1. The summed E-state index contributed by atoms with van der Waals surface area (Å²) in [6, 6.07) is 12.4. The number of nitrogens with zero attached hydrogens (tertiary/aromatic N) is 1. The van der Waals surface area contributed by atoms with E-state index in [-0.39, 0.29) is 25.5 Å². The number of aromatic nitrogens is 1. The molecule has 2 aromatic carbocycles. The van der Waals surface area contributed by atoms with E-state index in [0.717, 1.165) is 27.5 Å². The molecule has 0 aliphatic rings. The van der Waals surface area contributed by atoms with Gasteiger partial charge in [0.2, 0.25) is 0 Å². The third-order valence-electron chi connectivity index (χ3n) is 4.46. The van der Waals surface area contributed by atoms with Crippen molar-refractivity contribution in [3.63, 3.8) is 0 Å². The van der Waals surface area contributed by atoms with E-state index in [0.29, 0.717) is 22.8 Å². The SMILES string of the molecule is CC[Se]C(=O)Cc1c(C)n(C(=O)c2ccc(Cl)cc2)c2ccc(OC)cc12. The number of hydrogen-bond donors (Lipinski definition) is 0. The van der Waals surface area contributed by atoms with E-state index < -0.39 is 0 Å². The Bertz CT molecular complexity index is 1010. The van der Waals surface area contributed by atoms with Crippen molar-refractivity contribution < 1.29 is 14.3 Å². The summed E-state index contributed by atoms with van der Waals surface area (Å²) in [6.07, 6.45) is 0.338. The third kappa shape index (κ3) is 3.96. The van der Waals surface area contributed by atoms with Gasteiger partial charge in [0.25, 0.3) is 0 Å². The van der Waals surface area contributed by atoms with Crippen LogP contribution in [0.25, 0.3) is 10.9 Å². The number of benzene rings is 2. The molecule has 0 saturated carbocycles. The molecule has 3 aromatic rings. The van der Waals surface area contributed by atoms with Crippen molar-refractivity contribution in [2.24, 2.45) is 0 Å². The van der Waals surface area contributed by atoms with Crippen molar-refractivity contribution in [3.05, 3.63) is 64.3 Å². The van der Waals surface area contributed by atoms with Gasteiger partial charge in [-0.2, -0.15) is 0 Å². The van der Waals surface area contributed by atoms with Gasteiger partial charge in [0, 0.05) is 0 Å².